The molecule has 0 unspecified atom stereocenters. The van der Waals surface area contributed by atoms with Gasteiger partial charge in [-0.25, -0.2) is 0 Å². The summed E-state index contributed by atoms with van der Waals surface area (Å²) in [5, 5.41) is 9.28. The van der Waals surface area contributed by atoms with Crippen molar-refractivity contribution < 1.29 is 4.52 Å². The van der Waals surface area contributed by atoms with Gasteiger partial charge >= 0.3 is 0 Å². The number of para-hydroxylation sites is 1. The predicted octanol–water partition coefficient (Wildman–Crippen LogP) is 5.25. The van der Waals surface area contributed by atoms with Crippen LogP contribution in [0.25, 0.3) is 11.5 Å². The molecule has 0 aliphatic carbocycles. The Hall–Kier alpha value is -3.44. The van der Waals surface area contributed by atoms with E-state index in [0.717, 1.165) is 16.8 Å². The van der Waals surface area contributed by atoms with Crippen LogP contribution in [0.5, 0.6) is 0 Å². The Morgan fingerprint density at radius 3 is 2.22 bits per heavy atom. The Balaban J connectivity index is 1.70. The molecule has 6 heteroatoms. The summed E-state index contributed by atoms with van der Waals surface area (Å²) in [4.78, 5) is 4.51. The van der Waals surface area contributed by atoms with E-state index < -0.39 is 0 Å². The highest BCUT2D eigenvalue weighted by atomic mass is 35.5. The summed E-state index contributed by atoms with van der Waals surface area (Å²) in [6.45, 7) is 0. The first-order valence-electron chi connectivity index (χ1n) is 8.34. The molecule has 5 nitrogen and oxygen atoms in total. The Morgan fingerprint density at radius 2 is 1.52 bits per heavy atom. The van der Waals surface area contributed by atoms with Crippen molar-refractivity contribution in [3.05, 3.63) is 101 Å². The Bertz CT molecular complexity index is 1040. The summed E-state index contributed by atoms with van der Waals surface area (Å²) in [7, 11) is 0. The molecule has 0 amide bonds. The highest BCUT2D eigenvalue weighted by Gasteiger charge is 2.16. The van der Waals surface area contributed by atoms with Gasteiger partial charge in [0.25, 0.3) is 5.89 Å². The van der Waals surface area contributed by atoms with Gasteiger partial charge in [0.2, 0.25) is 5.82 Å². The van der Waals surface area contributed by atoms with Gasteiger partial charge in [0.1, 0.15) is 5.71 Å². The van der Waals surface area contributed by atoms with Crippen molar-refractivity contribution in [1.82, 2.24) is 10.1 Å². The predicted molar refractivity (Wildman–Crippen MR) is 107 cm³/mol. The van der Waals surface area contributed by atoms with Crippen LogP contribution in [0.2, 0.25) is 5.02 Å². The van der Waals surface area contributed by atoms with Crippen LogP contribution in [0.1, 0.15) is 11.4 Å². The zero-order valence-electron chi connectivity index (χ0n) is 14.2. The van der Waals surface area contributed by atoms with Crippen molar-refractivity contribution in [3.63, 3.8) is 0 Å². The number of nitrogens with zero attached hydrogens (tertiary/aromatic N) is 3. The van der Waals surface area contributed by atoms with Gasteiger partial charge in [0, 0.05) is 16.1 Å². The van der Waals surface area contributed by atoms with Crippen molar-refractivity contribution in [2.45, 2.75) is 0 Å². The van der Waals surface area contributed by atoms with Crippen LogP contribution in [0.3, 0.4) is 0 Å². The van der Waals surface area contributed by atoms with Crippen molar-refractivity contribution in [3.8, 4) is 11.5 Å². The van der Waals surface area contributed by atoms with Crippen molar-refractivity contribution in [1.29, 1.82) is 0 Å². The van der Waals surface area contributed by atoms with E-state index in [1.54, 1.807) is 12.1 Å². The SMILES string of the molecule is Clc1ccc(-c2nc(/C(=N/Nc3ccccc3)c3ccccc3)no2)cc1. The van der Waals surface area contributed by atoms with Gasteiger partial charge in [0.15, 0.2) is 0 Å². The monoisotopic (exact) mass is 374 g/mol. The minimum Gasteiger partial charge on any atom is -0.334 e. The van der Waals surface area contributed by atoms with E-state index in [1.165, 1.54) is 0 Å². The lowest BCUT2D eigenvalue weighted by Gasteiger charge is -2.04. The fourth-order valence-corrected chi connectivity index (χ4v) is 2.63. The van der Waals surface area contributed by atoms with E-state index >= 15 is 0 Å². The van der Waals surface area contributed by atoms with Crippen LogP contribution in [-0.2, 0) is 0 Å². The molecular formula is C21H15ClN4O. The number of hydrogen-bond acceptors (Lipinski definition) is 5. The summed E-state index contributed by atoms with van der Waals surface area (Å²) in [5.41, 5.74) is 6.17. The molecule has 0 bridgehead atoms. The molecule has 27 heavy (non-hydrogen) atoms. The zero-order chi connectivity index (χ0) is 18.5. The molecule has 4 aromatic rings. The molecule has 1 N–H and O–H groups in total. The molecule has 0 spiro atoms. The summed E-state index contributed by atoms with van der Waals surface area (Å²) in [6.07, 6.45) is 0. The summed E-state index contributed by atoms with van der Waals surface area (Å²) in [6, 6.07) is 26.6. The summed E-state index contributed by atoms with van der Waals surface area (Å²) < 4.78 is 5.43. The van der Waals surface area contributed by atoms with Crippen molar-refractivity contribution in [2.24, 2.45) is 5.10 Å². The van der Waals surface area contributed by atoms with Gasteiger partial charge < -0.3 is 4.52 Å². The minimum atomic E-state index is 0.398. The van der Waals surface area contributed by atoms with Crippen molar-refractivity contribution >= 4 is 23.0 Å². The average molecular weight is 375 g/mol. The molecule has 0 aliphatic rings. The smallest absolute Gasteiger partial charge is 0.258 e. The van der Waals surface area contributed by atoms with Gasteiger partial charge in [0.05, 0.1) is 5.69 Å². The molecule has 3 aromatic carbocycles. The molecule has 1 heterocycles. The molecule has 0 atom stereocenters. The number of nitrogens with one attached hydrogen (secondary N) is 1. The fraction of sp³-hybridized carbons (Fsp3) is 0. The average Bonchev–Trinajstić information content (AvgIpc) is 3.20. The largest absolute Gasteiger partial charge is 0.334 e. The normalized spacial score (nSPS) is 11.4. The first-order valence-corrected chi connectivity index (χ1v) is 8.71. The quantitative estimate of drug-likeness (QED) is 0.382. The molecule has 1 aromatic heterocycles. The second-order valence-electron chi connectivity index (χ2n) is 5.73. The number of hydrogen-bond donors (Lipinski definition) is 1. The topological polar surface area (TPSA) is 63.3 Å². The number of hydrazone groups is 1. The van der Waals surface area contributed by atoms with E-state index in [1.807, 2.05) is 72.8 Å². The molecule has 0 fully saturated rings. The third-order valence-corrected chi connectivity index (χ3v) is 4.10. The van der Waals surface area contributed by atoms with Gasteiger partial charge in [-0.1, -0.05) is 65.3 Å². The Morgan fingerprint density at radius 1 is 0.852 bits per heavy atom. The van der Waals surface area contributed by atoms with E-state index in [4.69, 9.17) is 16.1 Å². The lowest BCUT2D eigenvalue weighted by atomic mass is 10.1. The second kappa shape index (κ2) is 7.85. The number of rotatable bonds is 5. The van der Waals surface area contributed by atoms with Gasteiger partial charge in [-0.2, -0.15) is 10.1 Å². The standard InChI is InChI=1S/C21H15ClN4O/c22-17-13-11-16(12-14-17)21-23-20(26-27-21)19(15-7-3-1-4-8-15)25-24-18-9-5-2-6-10-18/h1-14,24H/b25-19+. The van der Waals surface area contributed by atoms with Crippen LogP contribution < -0.4 is 5.43 Å². The van der Waals surface area contributed by atoms with Crippen LogP contribution >= 0.6 is 11.6 Å². The minimum absolute atomic E-state index is 0.398. The maximum atomic E-state index is 5.94. The van der Waals surface area contributed by atoms with E-state index in [2.05, 4.69) is 20.7 Å². The fourth-order valence-electron chi connectivity index (χ4n) is 2.50. The first-order chi connectivity index (χ1) is 13.3. The number of aromatic nitrogens is 2. The number of benzene rings is 3. The molecule has 0 radical (unpaired) electrons. The maximum Gasteiger partial charge on any atom is 0.258 e. The van der Waals surface area contributed by atoms with Gasteiger partial charge in [-0.3, -0.25) is 5.43 Å². The van der Waals surface area contributed by atoms with Crippen LogP contribution in [0, 0.1) is 0 Å². The molecular weight excluding hydrogens is 360 g/mol. The third-order valence-electron chi connectivity index (χ3n) is 3.85. The molecule has 0 saturated heterocycles. The van der Waals surface area contributed by atoms with Gasteiger partial charge in [-0.05, 0) is 36.4 Å². The Kier molecular flexibility index (Phi) is 4.94. The molecule has 132 valence electrons. The molecule has 0 saturated carbocycles. The lowest BCUT2D eigenvalue weighted by molar-refractivity contribution is 0.429. The maximum absolute atomic E-state index is 5.94. The van der Waals surface area contributed by atoms with Crippen LogP contribution in [-0.4, -0.2) is 15.9 Å². The summed E-state index contributed by atoms with van der Waals surface area (Å²) >= 11 is 5.94. The van der Waals surface area contributed by atoms with Crippen molar-refractivity contribution in [2.75, 3.05) is 5.43 Å². The highest BCUT2D eigenvalue weighted by molar-refractivity contribution is 6.30. The summed E-state index contributed by atoms with van der Waals surface area (Å²) in [5.74, 6) is 0.805. The van der Waals surface area contributed by atoms with Gasteiger partial charge in [-0.15, -0.1) is 0 Å². The Labute approximate surface area is 161 Å². The van der Waals surface area contributed by atoms with E-state index in [-0.39, 0.29) is 0 Å². The number of anilines is 1. The highest BCUT2D eigenvalue weighted by Crippen LogP contribution is 2.21. The van der Waals surface area contributed by atoms with Crippen LogP contribution in [0.15, 0.2) is 94.6 Å². The zero-order valence-corrected chi connectivity index (χ0v) is 15.0. The number of halogens is 1. The molecule has 4 rings (SSSR count). The molecule has 0 aliphatic heterocycles. The lowest BCUT2D eigenvalue weighted by Crippen LogP contribution is -2.08. The first kappa shape index (κ1) is 17.0. The van der Waals surface area contributed by atoms with Crippen LogP contribution in [0.4, 0.5) is 5.69 Å². The third kappa shape index (κ3) is 4.04. The van der Waals surface area contributed by atoms with E-state index in [0.29, 0.717) is 22.4 Å². The second-order valence-corrected chi connectivity index (χ2v) is 6.17. The van der Waals surface area contributed by atoms with E-state index in [9.17, 15) is 0 Å².